The van der Waals surface area contributed by atoms with Crippen LogP contribution in [0.5, 0.6) is 0 Å². The first kappa shape index (κ1) is 24.0. The van der Waals surface area contributed by atoms with E-state index in [9.17, 15) is 18.8 Å². The van der Waals surface area contributed by atoms with Gasteiger partial charge < -0.3 is 14.7 Å². The van der Waals surface area contributed by atoms with Gasteiger partial charge in [-0.15, -0.1) is 0 Å². The lowest BCUT2D eigenvalue weighted by Gasteiger charge is -2.40. The van der Waals surface area contributed by atoms with Gasteiger partial charge in [-0.05, 0) is 54.8 Å². The molecule has 1 unspecified atom stereocenters. The van der Waals surface area contributed by atoms with Crippen molar-refractivity contribution in [3.05, 3.63) is 77.6 Å². The quantitative estimate of drug-likeness (QED) is 0.513. The van der Waals surface area contributed by atoms with E-state index in [1.54, 1.807) is 12.1 Å². The lowest BCUT2D eigenvalue weighted by molar-refractivity contribution is -0.137. The molecule has 6 nitrogen and oxygen atoms in total. The van der Waals surface area contributed by atoms with E-state index < -0.39 is 5.82 Å². The maximum atomic E-state index is 14.6. The Kier molecular flexibility index (Phi) is 6.72. The van der Waals surface area contributed by atoms with Crippen molar-refractivity contribution >= 4 is 34.1 Å². The number of nitrogens with zero attached hydrogens (tertiary/aromatic N) is 3. The first-order valence-electron chi connectivity index (χ1n) is 12.5. The van der Waals surface area contributed by atoms with Crippen molar-refractivity contribution in [3.8, 4) is 0 Å². The molecule has 2 saturated heterocycles. The van der Waals surface area contributed by atoms with Gasteiger partial charge in [-0.1, -0.05) is 36.4 Å². The molecule has 36 heavy (non-hydrogen) atoms. The number of piperidine rings is 1. The number of piperazine rings is 1. The Morgan fingerprint density at radius 1 is 0.861 bits per heavy atom. The molecule has 0 aliphatic carbocycles. The summed E-state index contributed by atoms with van der Waals surface area (Å²) in [6.45, 7) is 4.53. The molecule has 5 rings (SSSR count). The number of hydrogen-bond acceptors (Lipinski definition) is 4. The van der Waals surface area contributed by atoms with E-state index in [1.165, 1.54) is 13.0 Å². The molecule has 2 aliphatic rings. The fourth-order valence-electron chi connectivity index (χ4n) is 5.35. The predicted octanol–water partition coefficient (Wildman–Crippen LogP) is 4.38. The summed E-state index contributed by atoms with van der Waals surface area (Å²) < 4.78 is 14.6. The monoisotopic (exact) mass is 487 g/mol. The number of hydrogen-bond donors (Lipinski definition) is 0. The number of amides is 2. The normalized spacial score (nSPS) is 18.4. The van der Waals surface area contributed by atoms with Gasteiger partial charge in [0, 0.05) is 50.4 Å². The number of rotatable bonds is 4. The molecule has 0 aromatic heterocycles. The molecular weight excluding hydrogens is 457 g/mol. The number of likely N-dealkylation sites (tertiary alicyclic amines) is 1. The second-order valence-electron chi connectivity index (χ2n) is 9.65. The fourth-order valence-corrected chi connectivity index (χ4v) is 5.35. The molecule has 0 N–H and O–H groups in total. The van der Waals surface area contributed by atoms with Crippen molar-refractivity contribution in [2.45, 2.75) is 19.8 Å². The highest BCUT2D eigenvalue weighted by Gasteiger charge is 2.33. The zero-order valence-electron chi connectivity index (χ0n) is 20.5. The standard InChI is InChI=1S/C29H30FN3O3/c1-20(34)22-11-12-27(26(30)18-22)31-14-16-32(17-15-31)28(35)23-8-5-13-33(19-23)29(36)25-10-4-7-21-6-2-3-9-24(21)25/h2-4,6-7,9-12,18,23H,5,8,13-17,19H2,1H3. The van der Waals surface area contributed by atoms with Crippen LogP contribution in [0.2, 0.25) is 0 Å². The molecule has 2 fully saturated rings. The van der Waals surface area contributed by atoms with Crippen LogP contribution in [-0.4, -0.2) is 66.7 Å². The van der Waals surface area contributed by atoms with Gasteiger partial charge in [0.05, 0.1) is 11.6 Å². The van der Waals surface area contributed by atoms with E-state index in [0.717, 1.165) is 23.6 Å². The Morgan fingerprint density at radius 2 is 1.61 bits per heavy atom. The van der Waals surface area contributed by atoms with Crippen LogP contribution in [0.25, 0.3) is 10.8 Å². The zero-order valence-corrected chi connectivity index (χ0v) is 20.5. The molecule has 2 aliphatic heterocycles. The van der Waals surface area contributed by atoms with Crippen LogP contribution < -0.4 is 4.90 Å². The molecule has 0 radical (unpaired) electrons. The number of benzene rings is 3. The fraction of sp³-hybridized carbons (Fsp3) is 0.345. The van der Waals surface area contributed by atoms with E-state index in [-0.39, 0.29) is 23.5 Å². The molecule has 2 amide bonds. The second kappa shape index (κ2) is 10.1. The third-order valence-corrected chi connectivity index (χ3v) is 7.36. The maximum absolute atomic E-state index is 14.6. The first-order valence-corrected chi connectivity index (χ1v) is 12.5. The Hall–Kier alpha value is -3.74. The zero-order chi connectivity index (χ0) is 25.2. The summed E-state index contributed by atoms with van der Waals surface area (Å²) in [5, 5.41) is 1.95. The third-order valence-electron chi connectivity index (χ3n) is 7.36. The summed E-state index contributed by atoms with van der Waals surface area (Å²) >= 11 is 0. The molecule has 3 aromatic carbocycles. The predicted molar refractivity (Wildman–Crippen MR) is 138 cm³/mol. The highest BCUT2D eigenvalue weighted by atomic mass is 19.1. The lowest BCUT2D eigenvalue weighted by Crippen LogP contribution is -2.53. The average Bonchev–Trinajstić information content (AvgIpc) is 2.92. The number of ketones is 1. The summed E-state index contributed by atoms with van der Waals surface area (Å²) in [6.07, 6.45) is 1.56. The Labute approximate surface area is 210 Å². The summed E-state index contributed by atoms with van der Waals surface area (Å²) in [5.74, 6) is -0.777. The lowest BCUT2D eigenvalue weighted by atomic mass is 9.95. The number of anilines is 1. The minimum absolute atomic E-state index is 0.0291. The molecule has 7 heteroatoms. The third kappa shape index (κ3) is 4.70. The second-order valence-corrected chi connectivity index (χ2v) is 9.65. The van der Waals surface area contributed by atoms with E-state index in [4.69, 9.17) is 0 Å². The summed E-state index contributed by atoms with van der Waals surface area (Å²) in [4.78, 5) is 43.8. The van der Waals surface area contributed by atoms with E-state index in [1.807, 2.05) is 57.2 Å². The number of carbonyl (C=O) groups is 3. The van der Waals surface area contributed by atoms with Crippen LogP contribution >= 0.6 is 0 Å². The number of Topliss-reactive ketones (excluding diaryl/α,β-unsaturated/α-hetero) is 1. The molecular formula is C29H30FN3O3. The highest BCUT2D eigenvalue weighted by molar-refractivity contribution is 6.07. The van der Waals surface area contributed by atoms with Crippen LogP contribution in [-0.2, 0) is 4.79 Å². The van der Waals surface area contributed by atoms with E-state index >= 15 is 0 Å². The summed E-state index contributed by atoms with van der Waals surface area (Å²) in [7, 11) is 0. The first-order chi connectivity index (χ1) is 17.4. The van der Waals surface area contributed by atoms with Gasteiger partial charge in [0.15, 0.2) is 5.78 Å². The molecule has 186 valence electrons. The average molecular weight is 488 g/mol. The Balaban J connectivity index is 1.22. The smallest absolute Gasteiger partial charge is 0.254 e. The molecule has 3 aromatic rings. The van der Waals surface area contributed by atoms with Gasteiger partial charge in [-0.3, -0.25) is 14.4 Å². The molecule has 0 bridgehead atoms. The van der Waals surface area contributed by atoms with Crippen molar-refractivity contribution in [1.29, 1.82) is 0 Å². The van der Waals surface area contributed by atoms with Crippen LogP contribution in [0.1, 0.15) is 40.5 Å². The molecule has 1 atom stereocenters. The topological polar surface area (TPSA) is 60.9 Å². The largest absolute Gasteiger partial charge is 0.366 e. The van der Waals surface area contributed by atoms with Crippen LogP contribution in [0.4, 0.5) is 10.1 Å². The van der Waals surface area contributed by atoms with Crippen molar-refractivity contribution < 1.29 is 18.8 Å². The van der Waals surface area contributed by atoms with Gasteiger partial charge in [0.2, 0.25) is 5.91 Å². The minimum Gasteiger partial charge on any atom is -0.366 e. The van der Waals surface area contributed by atoms with Crippen LogP contribution in [0.3, 0.4) is 0 Å². The minimum atomic E-state index is -0.419. The van der Waals surface area contributed by atoms with E-state index in [0.29, 0.717) is 56.1 Å². The number of fused-ring (bicyclic) bond motifs is 1. The Bertz CT molecular complexity index is 1310. The van der Waals surface area contributed by atoms with Crippen molar-refractivity contribution in [2.24, 2.45) is 5.92 Å². The van der Waals surface area contributed by atoms with Gasteiger partial charge in [-0.2, -0.15) is 0 Å². The number of carbonyl (C=O) groups excluding carboxylic acids is 3. The maximum Gasteiger partial charge on any atom is 0.254 e. The van der Waals surface area contributed by atoms with Crippen molar-refractivity contribution in [3.63, 3.8) is 0 Å². The van der Waals surface area contributed by atoms with Gasteiger partial charge in [-0.25, -0.2) is 4.39 Å². The highest BCUT2D eigenvalue weighted by Crippen LogP contribution is 2.26. The molecule has 0 saturated carbocycles. The Morgan fingerprint density at radius 3 is 2.36 bits per heavy atom. The molecule has 2 heterocycles. The van der Waals surface area contributed by atoms with Crippen molar-refractivity contribution in [2.75, 3.05) is 44.2 Å². The van der Waals surface area contributed by atoms with Gasteiger partial charge in [0.25, 0.3) is 5.91 Å². The van der Waals surface area contributed by atoms with Crippen molar-refractivity contribution in [1.82, 2.24) is 9.80 Å². The van der Waals surface area contributed by atoms with Gasteiger partial charge in [0.1, 0.15) is 5.82 Å². The SMILES string of the molecule is CC(=O)c1ccc(N2CCN(C(=O)C3CCCN(C(=O)c4cccc5ccccc45)C3)CC2)c(F)c1. The van der Waals surface area contributed by atoms with Crippen LogP contribution in [0, 0.1) is 11.7 Å². The summed E-state index contributed by atoms with van der Waals surface area (Å²) in [6, 6.07) is 18.2. The van der Waals surface area contributed by atoms with Crippen LogP contribution in [0.15, 0.2) is 60.7 Å². The molecule has 0 spiro atoms. The number of halogens is 1. The summed E-state index contributed by atoms with van der Waals surface area (Å²) in [5.41, 5.74) is 1.48. The van der Waals surface area contributed by atoms with E-state index in [2.05, 4.69) is 0 Å². The van der Waals surface area contributed by atoms with Gasteiger partial charge >= 0.3 is 0 Å².